The molecule has 0 spiro atoms. The van der Waals surface area contributed by atoms with Gasteiger partial charge in [0.25, 0.3) is 5.91 Å². The lowest BCUT2D eigenvalue weighted by Crippen LogP contribution is -2.38. The molecule has 6 heteroatoms. The van der Waals surface area contributed by atoms with Gasteiger partial charge in [0.2, 0.25) is 0 Å². The number of hydrogen-bond donors (Lipinski definition) is 0. The molecule has 1 aliphatic rings. The van der Waals surface area contributed by atoms with Crippen LogP contribution in [0, 0.1) is 5.82 Å². The summed E-state index contributed by atoms with van der Waals surface area (Å²) in [4.78, 5) is 14.6. The molecule has 0 unspecified atom stereocenters. The SMILES string of the molecule is COc1ccc(N(C(=O)c2noc3c2CCCC3)C(C)C)cc1F. The van der Waals surface area contributed by atoms with Crippen LogP contribution in [0.3, 0.4) is 0 Å². The molecular weight excluding hydrogens is 311 g/mol. The van der Waals surface area contributed by atoms with Crippen LogP contribution in [0.2, 0.25) is 0 Å². The lowest BCUT2D eigenvalue weighted by atomic mass is 9.96. The van der Waals surface area contributed by atoms with Gasteiger partial charge in [0.05, 0.1) is 7.11 Å². The quantitative estimate of drug-likeness (QED) is 0.855. The van der Waals surface area contributed by atoms with Gasteiger partial charge in [-0.05, 0) is 45.2 Å². The van der Waals surface area contributed by atoms with Crippen LogP contribution < -0.4 is 9.64 Å². The molecule has 0 radical (unpaired) electrons. The van der Waals surface area contributed by atoms with Crippen molar-refractivity contribution in [2.24, 2.45) is 0 Å². The molecule has 1 heterocycles. The second kappa shape index (κ2) is 6.63. The number of hydrogen-bond acceptors (Lipinski definition) is 4. The second-order valence-corrected chi connectivity index (χ2v) is 6.23. The Kier molecular flexibility index (Phi) is 4.55. The minimum absolute atomic E-state index is 0.147. The monoisotopic (exact) mass is 332 g/mol. The number of carbonyl (C=O) groups is 1. The number of nitrogens with zero attached hydrogens (tertiary/aromatic N) is 2. The summed E-state index contributed by atoms with van der Waals surface area (Å²) in [6.07, 6.45) is 3.68. The van der Waals surface area contributed by atoms with E-state index in [9.17, 15) is 9.18 Å². The molecule has 128 valence electrons. The highest BCUT2D eigenvalue weighted by Crippen LogP contribution is 2.29. The van der Waals surface area contributed by atoms with Crippen LogP contribution >= 0.6 is 0 Å². The molecule has 0 saturated carbocycles. The third-order valence-electron chi connectivity index (χ3n) is 4.30. The van der Waals surface area contributed by atoms with Crippen molar-refractivity contribution >= 4 is 11.6 Å². The molecule has 5 nitrogen and oxygen atoms in total. The molecule has 0 atom stereocenters. The van der Waals surface area contributed by atoms with Gasteiger partial charge in [0.15, 0.2) is 17.3 Å². The maximum absolute atomic E-state index is 14.1. The van der Waals surface area contributed by atoms with Crippen LogP contribution in [0.25, 0.3) is 0 Å². The van der Waals surface area contributed by atoms with Gasteiger partial charge in [-0.2, -0.15) is 0 Å². The first kappa shape index (κ1) is 16.5. The van der Waals surface area contributed by atoms with Gasteiger partial charge in [0, 0.05) is 29.8 Å². The number of carbonyl (C=O) groups excluding carboxylic acids is 1. The molecule has 1 aromatic carbocycles. The van der Waals surface area contributed by atoms with E-state index in [1.54, 1.807) is 6.07 Å². The summed E-state index contributed by atoms with van der Waals surface area (Å²) in [5, 5.41) is 4.00. The Morgan fingerprint density at radius 2 is 2.08 bits per heavy atom. The molecular formula is C18H21FN2O3. The van der Waals surface area contributed by atoms with Crippen LogP contribution in [0.5, 0.6) is 5.75 Å². The molecule has 0 N–H and O–H groups in total. The molecule has 0 saturated heterocycles. The number of anilines is 1. The molecule has 24 heavy (non-hydrogen) atoms. The van der Waals surface area contributed by atoms with Crippen LogP contribution in [-0.2, 0) is 12.8 Å². The number of amides is 1. The Balaban J connectivity index is 1.98. The van der Waals surface area contributed by atoms with E-state index in [0.29, 0.717) is 11.4 Å². The zero-order valence-electron chi connectivity index (χ0n) is 14.1. The molecule has 2 aromatic rings. The number of methoxy groups -OCH3 is 1. The largest absolute Gasteiger partial charge is 0.494 e. The van der Waals surface area contributed by atoms with Crippen LogP contribution in [0.1, 0.15) is 48.5 Å². The normalized spacial score (nSPS) is 13.7. The van der Waals surface area contributed by atoms with E-state index in [2.05, 4.69) is 5.16 Å². The summed E-state index contributed by atoms with van der Waals surface area (Å²) >= 11 is 0. The summed E-state index contributed by atoms with van der Waals surface area (Å²) < 4.78 is 24.3. The fourth-order valence-corrected chi connectivity index (χ4v) is 3.12. The first-order valence-electron chi connectivity index (χ1n) is 8.17. The van der Waals surface area contributed by atoms with Crippen molar-refractivity contribution in [2.45, 2.75) is 45.6 Å². The van der Waals surface area contributed by atoms with Crippen LogP contribution in [-0.4, -0.2) is 24.2 Å². The third kappa shape index (κ3) is 2.88. The highest BCUT2D eigenvalue weighted by Gasteiger charge is 2.30. The zero-order valence-corrected chi connectivity index (χ0v) is 14.1. The van der Waals surface area contributed by atoms with Gasteiger partial charge in [-0.25, -0.2) is 4.39 Å². The average molecular weight is 332 g/mol. The Morgan fingerprint density at radius 3 is 2.75 bits per heavy atom. The highest BCUT2D eigenvalue weighted by atomic mass is 19.1. The van der Waals surface area contributed by atoms with E-state index >= 15 is 0 Å². The molecule has 0 aliphatic heterocycles. The van der Waals surface area contributed by atoms with Crippen molar-refractivity contribution in [1.29, 1.82) is 0 Å². The van der Waals surface area contributed by atoms with Gasteiger partial charge in [-0.3, -0.25) is 4.79 Å². The van der Waals surface area contributed by atoms with E-state index in [1.807, 2.05) is 13.8 Å². The van der Waals surface area contributed by atoms with E-state index in [-0.39, 0.29) is 17.7 Å². The summed E-state index contributed by atoms with van der Waals surface area (Å²) in [7, 11) is 1.41. The predicted octanol–water partition coefficient (Wildman–Crippen LogP) is 3.76. The molecule has 0 bridgehead atoms. The van der Waals surface area contributed by atoms with Crippen molar-refractivity contribution in [3.05, 3.63) is 41.0 Å². The number of ether oxygens (including phenoxy) is 1. The standard InChI is InChI=1S/C18H21FN2O3/c1-11(2)21(12-8-9-16(23-3)14(19)10-12)18(22)17-13-6-4-5-7-15(13)24-20-17/h8-11H,4-7H2,1-3H3. The van der Waals surface area contributed by atoms with Crippen LogP contribution in [0.4, 0.5) is 10.1 Å². The van der Waals surface area contributed by atoms with Crippen molar-refractivity contribution in [3.8, 4) is 5.75 Å². The summed E-state index contributed by atoms with van der Waals surface area (Å²) in [6, 6.07) is 4.35. The van der Waals surface area contributed by atoms with Gasteiger partial charge in [-0.15, -0.1) is 0 Å². The Hall–Kier alpha value is -2.37. The molecule has 3 rings (SSSR count). The maximum atomic E-state index is 14.1. The lowest BCUT2D eigenvalue weighted by Gasteiger charge is -2.26. The zero-order chi connectivity index (χ0) is 17.3. The first-order chi connectivity index (χ1) is 11.5. The Labute approximate surface area is 140 Å². The number of halogens is 1. The first-order valence-corrected chi connectivity index (χ1v) is 8.17. The Bertz CT molecular complexity index is 755. The number of fused-ring (bicyclic) bond motifs is 1. The van der Waals surface area contributed by atoms with Gasteiger partial charge in [0.1, 0.15) is 5.76 Å². The topological polar surface area (TPSA) is 55.6 Å². The molecule has 1 aliphatic carbocycles. The van der Waals surface area contributed by atoms with Crippen molar-refractivity contribution < 1.29 is 18.4 Å². The number of aromatic nitrogens is 1. The van der Waals surface area contributed by atoms with Gasteiger partial charge in [-0.1, -0.05) is 5.16 Å². The smallest absolute Gasteiger partial charge is 0.280 e. The Morgan fingerprint density at radius 1 is 1.33 bits per heavy atom. The van der Waals surface area contributed by atoms with Crippen LogP contribution in [0.15, 0.2) is 22.7 Å². The summed E-state index contributed by atoms with van der Waals surface area (Å²) in [5.74, 6) is 0.181. The van der Waals surface area contributed by atoms with Gasteiger partial charge >= 0.3 is 0 Å². The number of benzene rings is 1. The number of rotatable bonds is 4. The van der Waals surface area contributed by atoms with Crippen molar-refractivity contribution in [2.75, 3.05) is 12.0 Å². The minimum atomic E-state index is -0.504. The van der Waals surface area contributed by atoms with E-state index in [0.717, 1.165) is 37.0 Å². The van der Waals surface area contributed by atoms with Gasteiger partial charge < -0.3 is 14.2 Å². The maximum Gasteiger partial charge on any atom is 0.280 e. The molecule has 0 fully saturated rings. The third-order valence-corrected chi connectivity index (χ3v) is 4.30. The van der Waals surface area contributed by atoms with E-state index in [4.69, 9.17) is 9.26 Å². The molecule has 1 aromatic heterocycles. The summed E-state index contributed by atoms with van der Waals surface area (Å²) in [5.41, 5.74) is 1.71. The highest BCUT2D eigenvalue weighted by molar-refractivity contribution is 6.06. The predicted molar refractivity (Wildman–Crippen MR) is 88.0 cm³/mol. The van der Waals surface area contributed by atoms with Crippen molar-refractivity contribution in [3.63, 3.8) is 0 Å². The van der Waals surface area contributed by atoms with E-state index < -0.39 is 5.82 Å². The average Bonchev–Trinajstić information content (AvgIpc) is 2.99. The minimum Gasteiger partial charge on any atom is -0.494 e. The van der Waals surface area contributed by atoms with Crippen molar-refractivity contribution in [1.82, 2.24) is 5.16 Å². The molecule has 1 amide bonds. The fourth-order valence-electron chi connectivity index (χ4n) is 3.12. The fraction of sp³-hybridized carbons (Fsp3) is 0.444. The second-order valence-electron chi connectivity index (χ2n) is 6.23. The number of aryl methyl sites for hydroxylation is 1. The lowest BCUT2D eigenvalue weighted by molar-refractivity contribution is 0.0970. The summed E-state index contributed by atoms with van der Waals surface area (Å²) in [6.45, 7) is 3.76. The van der Waals surface area contributed by atoms with E-state index in [1.165, 1.54) is 24.1 Å².